The molecule has 0 amide bonds. The summed E-state index contributed by atoms with van der Waals surface area (Å²) in [6, 6.07) is 4.59. The van der Waals surface area contributed by atoms with Crippen molar-refractivity contribution in [3.8, 4) is 0 Å². The molecule has 0 spiro atoms. The summed E-state index contributed by atoms with van der Waals surface area (Å²) in [5.74, 6) is 1.91. The maximum Gasteiger partial charge on any atom is 0.118 e. The molecule has 20 heavy (non-hydrogen) atoms. The standard InChI is InChI=1S/C16H27NO3/c1-12-5-8-15(20-12)10-17(13-6-7-13)9-14(18)11-19-16(2,3)4/h5,8,13-14,18H,6-7,9-11H2,1-4H3. The van der Waals surface area contributed by atoms with Crippen LogP contribution in [0.3, 0.4) is 0 Å². The molecule has 1 saturated carbocycles. The first-order chi connectivity index (χ1) is 9.33. The number of hydrogen-bond acceptors (Lipinski definition) is 4. The lowest BCUT2D eigenvalue weighted by atomic mass is 10.2. The molecule has 0 bridgehead atoms. The van der Waals surface area contributed by atoms with Gasteiger partial charge in [-0.05, 0) is 52.7 Å². The van der Waals surface area contributed by atoms with Crippen LogP contribution in [-0.4, -0.2) is 40.9 Å². The third-order valence-corrected chi connectivity index (χ3v) is 3.37. The van der Waals surface area contributed by atoms with Crippen molar-refractivity contribution in [3.63, 3.8) is 0 Å². The maximum absolute atomic E-state index is 10.1. The maximum atomic E-state index is 10.1. The van der Waals surface area contributed by atoms with Gasteiger partial charge >= 0.3 is 0 Å². The van der Waals surface area contributed by atoms with Gasteiger partial charge in [0.2, 0.25) is 0 Å². The molecule has 1 aliphatic carbocycles. The molecule has 1 aromatic rings. The van der Waals surface area contributed by atoms with Gasteiger partial charge in [0.25, 0.3) is 0 Å². The van der Waals surface area contributed by atoms with Gasteiger partial charge in [-0.1, -0.05) is 0 Å². The van der Waals surface area contributed by atoms with Crippen LogP contribution in [0.4, 0.5) is 0 Å². The fraction of sp³-hybridized carbons (Fsp3) is 0.750. The lowest BCUT2D eigenvalue weighted by Crippen LogP contribution is -2.37. The Hall–Kier alpha value is -0.840. The Morgan fingerprint density at radius 2 is 2.10 bits per heavy atom. The summed E-state index contributed by atoms with van der Waals surface area (Å²) < 4.78 is 11.3. The fourth-order valence-corrected chi connectivity index (χ4v) is 2.22. The van der Waals surface area contributed by atoms with Gasteiger partial charge < -0.3 is 14.3 Å². The summed E-state index contributed by atoms with van der Waals surface area (Å²) in [6.45, 7) is 9.75. The molecule has 2 rings (SSSR count). The second-order valence-electron chi connectivity index (χ2n) is 6.75. The highest BCUT2D eigenvalue weighted by Gasteiger charge is 2.31. The highest BCUT2D eigenvalue weighted by molar-refractivity contribution is 5.06. The van der Waals surface area contributed by atoms with Crippen molar-refractivity contribution in [3.05, 3.63) is 23.7 Å². The Labute approximate surface area is 121 Å². The normalized spacial score (nSPS) is 17.7. The van der Waals surface area contributed by atoms with Gasteiger partial charge in [0.05, 0.1) is 24.9 Å². The van der Waals surface area contributed by atoms with Crippen LogP contribution in [-0.2, 0) is 11.3 Å². The predicted octanol–water partition coefficient (Wildman–Crippen LogP) is 2.73. The molecular weight excluding hydrogens is 254 g/mol. The minimum absolute atomic E-state index is 0.205. The van der Waals surface area contributed by atoms with Crippen molar-refractivity contribution in [2.45, 2.75) is 64.8 Å². The monoisotopic (exact) mass is 281 g/mol. The third-order valence-electron chi connectivity index (χ3n) is 3.37. The molecule has 1 aliphatic rings. The molecule has 0 aliphatic heterocycles. The first kappa shape index (κ1) is 15.5. The van der Waals surface area contributed by atoms with Gasteiger partial charge in [-0.15, -0.1) is 0 Å². The number of aryl methyl sites for hydroxylation is 1. The Kier molecular flexibility index (Phi) is 4.89. The van der Waals surface area contributed by atoms with Gasteiger partial charge in [0, 0.05) is 12.6 Å². The molecule has 0 saturated heterocycles. The number of ether oxygens (including phenoxy) is 1. The van der Waals surface area contributed by atoms with Crippen molar-refractivity contribution in [1.82, 2.24) is 4.90 Å². The number of aliphatic hydroxyl groups excluding tert-OH is 1. The Morgan fingerprint density at radius 1 is 1.40 bits per heavy atom. The van der Waals surface area contributed by atoms with E-state index in [9.17, 15) is 5.11 Å². The van der Waals surface area contributed by atoms with Crippen LogP contribution in [0.25, 0.3) is 0 Å². The molecule has 4 heteroatoms. The zero-order chi connectivity index (χ0) is 14.8. The van der Waals surface area contributed by atoms with E-state index < -0.39 is 6.10 Å². The van der Waals surface area contributed by atoms with E-state index in [0.717, 1.165) is 18.1 Å². The summed E-state index contributed by atoms with van der Waals surface area (Å²) in [4.78, 5) is 2.30. The van der Waals surface area contributed by atoms with Crippen LogP contribution in [0.5, 0.6) is 0 Å². The van der Waals surface area contributed by atoms with Crippen LogP contribution >= 0.6 is 0 Å². The second-order valence-corrected chi connectivity index (χ2v) is 6.75. The van der Waals surface area contributed by atoms with Crippen molar-refractivity contribution in [2.24, 2.45) is 0 Å². The number of hydrogen-bond donors (Lipinski definition) is 1. The van der Waals surface area contributed by atoms with Crippen molar-refractivity contribution in [1.29, 1.82) is 0 Å². The topological polar surface area (TPSA) is 45.8 Å². The molecular formula is C16H27NO3. The molecule has 1 N–H and O–H groups in total. The molecule has 1 aromatic heterocycles. The Balaban J connectivity index is 1.83. The minimum Gasteiger partial charge on any atom is -0.465 e. The quantitative estimate of drug-likeness (QED) is 0.834. The summed E-state index contributed by atoms with van der Waals surface area (Å²) in [6.07, 6.45) is 1.98. The van der Waals surface area contributed by atoms with E-state index in [1.54, 1.807) is 0 Å². The first-order valence-corrected chi connectivity index (χ1v) is 7.45. The number of nitrogens with zero attached hydrogens (tertiary/aromatic N) is 1. The fourth-order valence-electron chi connectivity index (χ4n) is 2.22. The Bertz CT molecular complexity index is 418. The molecule has 0 aromatic carbocycles. The number of furan rings is 1. The summed E-state index contributed by atoms with van der Waals surface area (Å²) in [7, 11) is 0. The second kappa shape index (κ2) is 6.29. The average Bonchev–Trinajstić information content (AvgIpc) is 3.10. The van der Waals surface area contributed by atoms with E-state index >= 15 is 0 Å². The smallest absolute Gasteiger partial charge is 0.118 e. The van der Waals surface area contributed by atoms with E-state index in [-0.39, 0.29) is 5.60 Å². The molecule has 1 heterocycles. The zero-order valence-corrected chi connectivity index (χ0v) is 13.1. The van der Waals surface area contributed by atoms with Crippen LogP contribution in [0.1, 0.15) is 45.1 Å². The molecule has 1 atom stereocenters. The molecule has 1 unspecified atom stereocenters. The zero-order valence-electron chi connectivity index (χ0n) is 13.1. The highest BCUT2D eigenvalue weighted by atomic mass is 16.5. The lowest BCUT2D eigenvalue weighted by Gasteiger charge is -2.26. The Morgan fingerprint density at radius 3 is 2.60 bits per heavy atom. The van der Waals surface area contributed by atoms with Crippen LogP contribution < -0.4 is 0 Å². The van der Waals surface area contributed by atoms with Crippen LogP contribution in [0.15, 0.2) is 16.5 Å². The predicted molar refractivity (Wildman–Crippen MR) is 78.6 cm³/mol. The largest absolute Gasteiger partial charge is 0.465 e. The molecule has 1 fully saturated rings. The summed E-state index contributed by atoms with van der Waals surface area (Å²) >= 11 is 0. The van der Waals surface area contributed by atoms with Gasteiger partial charge in [-0.3, -0.25) is 4.90 Å². The van der Waals surface area contributed by atoms with Gasteiger partial charge in [-0.2, -0.15) is 0 Å². The van der Waals surface area contributed by atoms with Crippen molar-refractivity contribution in [2.75, 3.05) is 13.2 Å². The molecule has 114 valence electrons. The van der Waals surface area contributed by atoms with Crippen molar-refractivity contribution >= 4 is 0 Å². The number of rotatable bonds is 7. The van der Waals surface area contributed by atoms with Crippen LogP contribution in [0, 0.1) is 6.92 Å². The molecule has 4 nitrogen and oxygen atoms in total. The van der Waals surface area contributed by atoms with Crippen molar-refractivity contribution < 1.29 is 14.3 Å². The van der Waals surface area contributed by atoms with Crippen LogP contribution in [0.2, 0.25) is 0 Å². The average molecular weight is 281 g/mol. The summed E-state index contributed by atoms with van der Waals surface area (Å²) in [5, 5.41) is 10.1. The van der Waals surface area contributed by atoms with E-state index in [1.807, 2.05) is 39.8 Å². The van der Waals surface area contributed by atoms with E-state index in [4.69, 9.17) is 9.15 Å². The van der Waals surface area contributed by atoms with E-state index in [1.165, 1.54) is 12.8 Å². The highest BCUT2D eigenvalue weighted by Crippen LogP contribution is 2.28. The van der Waals surface area contributed by atoms with Gasteiger partial charge in [0.15, 0.2) is 0 Å². The first-order valence-electron chi connectivity index (χ1n) is 7.45. The SMILES string of the molecule is Cc1ccc(CN(CC(O)COC(C)(C)C)C2CC2)o1. The molecule has 0 radical (unpaired) electrons. The van der Waals surface area contributed by atoms with Gasteiger partial charge in [-0.25, -0.2) is 0 Å². The third kappa shape index (κ3) is 5.27. The minimum atomic E-state index is -0.453. The van der Waals surface area contributed by atoms with E-state index in [2.05, 4.69) is 4.90 Å². The van der Waals surface area contributed by atoms with E-state index in [0.29, 0.717) is 19.2 Å². The summed E-state index contributed by atoms with van der Waals surface area (Å²) in [5.41, 5.74) is -0.205. The lowest BCUT2D eigenvalue weighted by molar-refractivity contribution is -0.0576. The van der Waals surface area contributed by atoms with Gasteiger partial charge in [0.1, 0.15) is 11.5 Å². The number of aliphatic hydroxyl groups is 1.